The van der Waals surface area contributed by atoms with E-state index in [1.807, 2.05) is 54.6 Å². The Labute approximate surface area is 540 Å². The van der Waals surface area contributed by atoms with Gasteiger partial charge in [-0.05, 0) is 121 Å². The Morgan fingerprint density at radius 3 is 1.15 bits per heavy atom. The molecule has 438 valence electrons. The highest BCUT2D eigenvalue weighted by Gasteiger charge is 2.21. The Morgan fingerprint density at radius 1 is 0.160 bits per heavy atom. The zero-order valence-electron chi connectivity index (χ0n) is 50.5. The van der Waals surface area contributed by atoms with Crippen molar-refractivity contribution in [1.29, 1.82) is 0 Å². The van der Waals surface area contributed by atoms with Gasteiger partial charge in [0.05, 0.1) is 0 Å². The standard InChI is InChI=1S/C86H52N6O2/c1-5-18-53(19-6-1)55-34-38-59(39-35-55)82-88-84(90-85(89-82)66-43-45-72-75(50-66)74(57-22-9-3-10-23-57)52-76-68-30-13-14-33-77(68)93-80(72)76)65-29-16-28-63(49-65)62-27-15-26-61(48-62)56-36-40-60(41-37-56)83-87-81(58-24-11-4-12-25-58)91-86(92-83)73-32-17-31-70-67(73)46-47-71-69-44-42-64(51-78(69)94-79(70)71)54-20-7-2-8-21-54/h1-52H. The molecule has 94 heavy (non-hydrogen) atoms. The monoisotopic (exact) mass is 1200 g/mol. The summed E-state index contributed by atoms with van der Waals surface area (Å²) in [6.07, 6.45) is 0. The van der Waals surface area contributed by atoms with Gasteiger partial charge < -0.3 is 8.83 Å². The molecule has 0 fully saturated rings. The summed E-state index contributed by atoms with van der Waals surface area (Å²) in [7, 11) is 0. The number of hydrogen-bond donors (Lipinski definition) is 0. The van der Waals surface area contributed by atoms with E-state index in [4.69, 9.17) is 38.7 Å². The lowest BCUT2D eigenvalue weighted by Crippen LogP contribution is -2.00. The molecule has 14 aromatic carbocycles. The molecule has 0 spiro atoms. The predicted octanol–water partition coefficient (Wildman–Crippen LogP) is 22.5. The minimum Gasteiger partial charge on any atom is -0.455 e. The van der Waals surface area contributed by atoms with Crippen molar-refractivity contribution in [3.63, 3.8) is 0 Å². The van der Waals surface area contributed by atoms with E-state index in [2.05, 4.69) is 261 Å². The number of rotatable bonds is 11. The van der Waals surface area contributed by atoms with Crippen LogP contribution < -0.4 is 0 Å². The minimum absolute atomic E-state index is 0.564. The normalized spacial score (nSPS) is 11.6. The molecule has 0 amide bonds. The molecule has 0 unspecified atom stereocenters. The van der Waals surface area contributed by atoms with Crippen molar-refractivity contribution in [1.82, 2.24) is 29.9 Å². The van der Waals surface area contributed by atoms with E-state index in [9.17, 15) is 0 Å². The molecule has 0 aliphatic carbocycles. The fourth-order valence-electron chi connectivity index (χ4n) is 13.3. The summed E-state index contributed by atoms with van der Waals surface area (Å²) in [5, 5.41) is 8.34. The summed E-state index contributed by atoms with van der Waals surface area (Å²) < 4.78 is 13.3. The van der Waals surface area contributed by atoms with Gasteiger partial charge in [0.1, 0.15) is 22.3 Å². The first-order valence-corrected chi connectivity index (χ1v) is 31.5. The molecular formula is C86H52N6O2. The van der Waals surface area contributed by atoms with Crippen LogP contribution in [0.1, 0.15) is 0 Å². The van der Waals surface area contributed by atoms with E-state index < -0.39 is 0 Å². The fourth-order valence-corrected chi connectivity index (χ4v) is 13.3. The lowest BCUT2D eigenvalue weighted by Gasteiger charge is -2.13. The summed E-state index contributed by atoms with van der Waals surface area (Å²) >= 11 is 0. The molecule has 0 bridgehead atoms. The molecule has 0 aliphatic rings. The summed E-state index contributed by atoms with van der Waals surface area (Å²) in [6, 6.07) is 110. The van der Waals surface area contributed by atoms with E-state index in [0.717, 1.165) is 154 Å². The van der Waals surface area contributed by atoms with Crippen LogP contribution in [0.25, 0.3) is 189 Å². The lowest BCUT2D eigenvalue weighted by atomic mass is 9.94. The zero-order chi connectivity index (χ0) is 62.1. The Morgan fingerprint density at radius 2 is 0.500 bits per heavy atom. The van der Waals surface area contributed by atoms with Gasteiger partial charge in [-0.2, -0.15) is 0 Å². The van der Waals surface area contributed by atoms with Gasteiger partial charge in [0, 0.05) is 65.7 Å². The third-order valence-corrected chi connectivity index (χ3v) is 18.0. The van der Waals surface area contributed by atoms with Crippen LogP contribution >= 0.6 is 0 Å². The topological polar surface area (TPSA) is 104 Å². The molecule has 0 aliphatic heterocycles. The third kappa shape index (κ3) is 9.73. The number of hydrogen-bond acceptors (Lipinski definition) is 8. The second kappa shape index (κ2) is 22.6. The van der Waals surface area contributed by atoms with Crippen molar-refractivity contribution in [2.75, 3.05) is 0 Å². The highest BCUT2D eigenvalue weighted by Crippen LogP contribution is 2.43. The van der Waals surface area contributed by atoms with E-state index >= 15 is 0 Å². The lowest BCUT2D eigenvalue weighted by molar-refractivity contribution is 0.672. The molecule has 18 rings (SSSR count). The number of para-hydroxylation sites is 1. The molecule has 4 aromatic heterocycles. The first kappa shape index (κ1) is 54.2. The molecule has 0 saturated carbocycles. The Kier molecular flexibility index (Phi) is 13.0. The van der Waals surface area contributed by atoms with Crippen LogP contribution in [0.15, 0.2) is 324 Å². The van der Waals surface area contributed by atoms with Gasteiger partial charge in [-0.3, -0.25) is 0 Å². The highest BCUT2D eigenvalue weighted by molar-refractivity contribution is 6.20. The van der Waals surface area contributed by atoms with Crippen molar-refractivity contribution in [2.24, 2.45) is 0 Å². The largest absolute Gasteiger partial charge is 0.455 e. The maximum absolute atomic E-state index is 6.73. The fraction of sp³-hybridized carbons (Fsp3) is 0. The summed E-state index contributed by atoms with van der Waals surface area (Å²) in [4.78, 5) is 31.4. The van der Waals surface area contributed by atoms with E-state index in [1.165, 1.54) is 0 Å². The zero-order valence-corrected chi connectivity index (χ0v) is 50.5. The number of aromatic nitrogens is 6. The van der Waals surface area contributed by atoms with Crippen LogP contribution in [0, 0.1) is 0 Å². The van der Waals surface area contributed by atoms with E-state index in [0.29, 0.717) is 34.9 Å². The summed E-state index contributed by atoms with van der Waals surface area (Å²) in [5.41, 5.74) is 19.6. The van der Waals surface area contributed by atoms with Crippen molar-refractivity contribution in [2.45, 2.75) is 0 Å². The second-order valence-electron chi connectivity index (χ2n) is 23.7. The van der Waals surface area contributed by atoms with Crippen LogP contribution in [-0.4, -0.2) is 29.9 Å². The van der Waals surface area contributed by atoms with Gasteiger partial charge in [-0.25, -0.2) is 29.9 Å². The first-order valence-electron chi connectivity index (χ1n) is 31.5. The van der Waals surface area contributed by atoms with Gasteiger partial charge in [-0.15, -0.1) is 0 Å². The number of benzene rings is 14. The van der Waals surface area contributed by atoms with Crippen LogP contribution in [0.3, 0.4) is 0 Å². The number of nitrogens with zero attached hydrogens (tertiary/aromatic N) is 6. The van der Waals surface area contributed by atoms with Gasteiger partial charge >= 0.3 is 0 Å². The van der Waals surface area contributed by atoms with Crippen molar-refractivity contribution in [3.8, 4) is 124 Å². The van der Waals surface area contributed by atoms with Gasteiger partial charge in [0.25, 0.3) is 0 Å². The molecule has 0 radical (unpaired) electrons. The average molecular weight is 1200 g/mol. The van der Waals surface area contributed by atoms with Crippen molar-refractivity contribution < 1.29 is 8.83 Å². The van der Waals surface area contributed by atoms with E-state index in [1.54, 1.807) is 0 Å². The molecule has 4 heterocycles. The van der Waals surface area contributed by atoms with Crippen molar-refractivity contribution in [3.05, 3.63) is 315 Å². The Bertz CT molecular complexity index is 5950. The third-order valence-electron chi connectivity index (χ3n) is 18.0. The van der Waals surface area contributed by atoms with Gasteiger partial charge in [0.2, 0.25) is 0 Å². The van der Waals surface area contributed by atoms with Crippen molar-refractivity contribution >= 4 is 65.4 Å². The Hall–Kier alpha value is -12.8. The molecule has 0 saturated heterocycles. The quantitative estimate of drug-likeness (QED) is 0.126. The van der Waals surface area contributed by atoms with Crippen LogP contribution in [0.5, 0.6) is 0 Å². The smallest absolute Gasteiger partial charge is 0.164 e. The molecule has 0 N–H and O–H groups in total. The molecule has 8 heteroatoms. The SMILES string of the molecule is c1ccc(-c2ccc(-c3nc(-c4cccc(-c5cccc(-c6ccc(-c7nc(-c8ccccc8)nc(-c8cccc9c8ccc8c%10ccc(-c%11ccccc%11)cc%10oc98)n7)cc6)c5)c4)nc(-c4ccc5c(c4)c(-c4ccccc4)cc4c6ccccc6oc54)n3)cc2)cc1. The van der Waals surface area contributed by atoms with Crippen LogP contribution in [0.4, 0.5) is 0 Å². The molecular weight excluding hydrogens is 1150 g/mol. The van der Waals surface area contributed by atoms with Gasteiger partial charge in [-0.1, -0.05) is 261 Å². The second-order valence-corrected chi connectivity index (χ2v) is 23.7. The predicted molar refractivity (Wildman–Crippen MR) is 383 cm³/mol. The molecule has 18 aromatic rings. The maximum atomic E-state index is 6.73. The maximum Gasteiger partial charge on any atom is 0.164 e. The molecule has 0 atom stereocenters. The molecule has 8 nitrogen and oxygen atoms in total. The van der Waals surface area contributed by atoms with Crippen LogP contribution in [-0.2, 0) is 0 Å². The average Bonchev–Trinajstić information content (AvgIpc) is 1.63. The first-order chi connectivity index (χ1) is 46.5. The number of furan rings is 2. The summed E-state index contributed by atoms with van der Waals surface area (Å²) in [6.45, 7) is 0. The minimum atomic E-state index is 0.564. The van der Waals surface area contributed by atoms with Gasteiger partial charge in [0.15, 0.2) is 34.9 Å². The number of fused-ring (bicyclic) bond motifs is 10. The van der Waals surface area contributed by atoms with Crippen LogP contribution in [0.2, 0.25) is 0 Å². The van der Waals surface area contributed by atoms with E-state index in [-0.39, 0.29) is 0 Å². The Balaban J connectivity index is 0.694. The highest BCUT2D eigenvalue weighted by atomic mass is 16.3. The summed E-state index contributed by atoms with van der Waals surface area (Å²) in [5.74, 6) is 3.45.